The van der Waals surface area contributed by atoms with Crippen LogP contribution in [0.1, 0.15) is 89.7 Å². The Hall–Kier alpha value is -4.44. The van der Waals surface area contributed by atoms with E-state index in [1.807, 2.05) is 107 Å². The van der Waals surface area contributed by atoms with E-state index in [4.69, 9.17) is 17.6 Å². The molecule has 3 aromatic carbocycles. The van der Waals surface area contributed by atoms with E-state index in [0.29, 0.717) is 33.8 Å². The van der Waals surface area contributed by atoms with Gasteiger partial charge in [0.2, 0.25) is 5.71 Å². The van der Waals surface area contributed by atoms with E-state index >= 15 is 0 Å². The number of hydrogen-bond donors (Lipinski definition) is 0. The predicted octanol–water partition coefficient (Wildman–Crippen LogP) is 11.7. The van der Waals surface area contributed by atoms with Gasteiger partial charge in [0.25, 0.3) is 0 Å². The van der Waals surface area contributed by atoms with Crippen LogP contribution in [0.25, 0.3) is 55.8 Å². The summed E-state index contributed by atoms with van der Waals surface area (Å²) in [6.07, 6.45) is 3.11. The fourth-order valence-electron chi connectivity index (χ4n) is 5.69. The van der Waals surface area contributed by atoms with Gasteiger partial charge in [-0.1, -0.05) is 88.9 Å². The van der Waals surface area contributed by atoms with Crippen molar-refractivity contribution in [2.24, 2.45) is 0 Å². The molecule has 0 aliphatic carbocycles. The van der Waals surface area contributed by atoms with Crippen molar-refractivity contribution in [3.8, 4) is 33.8 Å². The second-order valence-corrected chi connectivity index (χ2v) is 12.1. The van der Waals surface area contributed by atoms with Crippen LogP contribution in [-0.2, 0) is 20.1 Å². The Morgan fingerprint density at radius 2 is 1.44 bits per heavy atom. The van der Waals surface area contributed by atoms with E-state index in [0.717, 1.165) is 38.7 Å². The first kappa shape index (κ1) is 27.5. The molecule has 4 nitrogen and oxygen atoms in total. The van der Waals surface area contributed by atoms with Gasteiger partial charge in [0.05, 0.1) is 11.3 Å². The molecule has 0 spiro atoms. The summed E-state index contributed by atoms with van der Waals surface area (Å²) in [7, 11) is 0. The summed E-state index contributed by atoms with van der Waals surface area (Å²) in [5, 5.41) is 1.59. The van der Waals surface area contributed by atoms with Crippen molar-refractivity contribution in [2.75, 3.05) is 0 Å². The Kier molecular flexibility index (Phi) is 8.71. The van der Waals surface area contributed by atoms with E-state index in [2.05, 4.69) is 22.1 Å². The minimum absolute atomic E-state index is 0. The molecule has 0 amide bonds. The average molecular weight is 814 g/mol. The van der Waals surface area contributed by atoms with E-state index < -0.39 is 24.5 Å². The summed E-state index contributed by atoms with van der Waals surface area (Å²) in [6, 6.07) is 34.9. The summed E-state index contributed by atoms with van der Waals surface area (Å²) < 4.78 is 56.3. The molecule has 245 valence electrons. The van der Waals surface area contributed by atoms with E-state index in [1.54, 1.807) is 32.2 Å². The number of benzene rings is 3. The first-order valence-electron chi connectivity index (χ1n) is 18.6. The van der Waals surface area contributed by atoms with Crippen molar-refractivity contribution in [3.05, 3.63) is 138 Å². The number of fused-ring (bicyclic) bond motifs is 3. The summed E-state index contributed by atoms with van der Waals surface area (Å²) in [5.74, 6) is -3.00. The Morgan fingerprint density at radius 1 is 0.688 bits per heavy atom. The maximum atomic E-state index is 8.78. The zero-order chi connectivity index (χ0) is 38.3. The zero-order valence-corrected chi connectivity index (χ0v) is 30.3. The molecule has 4 aromatic heterocycles. The minimum atomic E-state index is -2.40. The SMILES string of the molecule is [2H]C([2H])([2H])c1cnc(-c2[c-]ccc3c2oc2nc(-c4c(C([2H])(C)C)cccc4C([2H])(C)C)ccc23)cc1C([2H])(C)C.[Ir].[c-]1ccccc1-c1ccccn1. The predicted molar refractivity (Wildman–Crippen MR) is 195 cm³/mol. The second-order valence-electron chi connectivity index (χ2n) is 12.1. The maximum Gasteiger partial charge on any atom is 0.216 e. The molecule has 0 fully saturated rings. The molecule has 4 heterocycles. The molecule has 0 unspecified atom stereocenters. The van der Waals surface area contributed by atoms with Crippen LogP contribution in [0.3, 0.4) is 0 Å². The van der Waals surface area contributed by atoms with Gasteiger partial charge in [-0.15, -0.1) is 54.1 Å². The second kappa shape index (κ2) is 15.2. The van der Waals surface area contributed by atoms with Gasteiger partial charge in [-0.3, -0.25) is 0 Å². The number of rotatable bonds is 6. The Balaban J connectivity index is 0.000000365. The molecule has 5 heteroatoms. The Bertz CT molecular complexity index is 2320. The van der Waals surface area contributed by atoms with Crippen LogP contribution in [0.2, 0.25) is 0 Å². The van der Waals surface area contributed by atoms with Crippen LogP contribution in [0.5, 0.6) is 0 Å². The number of furan rings is 1. The number of aromatic nitrogens is 3. The van der Waals surface area contributed by atoms with Crippen molar-refractivity contribution in [1.82, 2.24) is 15.0 Å². The maximum absolute atomic E-state index is 8.78. The summed E-state index contributed by atoms with van der Waals surface area (Å²) in [6.45, 7) is 8.21. The van der Waals surface area contributed by atoms with E-state index in [-0.39, 0.29) is 25.7 Å². The van der Waals surface area contributed by atoms with Crippen LogP contribution in [0, 0.1) is 19.0 Å². The Morgan fingerprint density at radius 3 is 2.08 bits per heavy atom. The molecule has 0 saturated carbocycles. The number of nitrogens with zero attached hydrogens (tertiary/aromatic N) is 3. The Labute approximate surface area is 306 Å². The van der Waals surface area contributed by atoms with Crippen molar-refractivity contribution in [1.29, 1.82) is 0 Å². The van der Waals surface area contributed by atoms with Gasteiger partial charge < -0.3 is 14.4 Å². The summed E-state index contributed by atoms with van der Waals surface area (Å²) in [4.78, 5) is 13.6. The van der Waals surface area contributed by atoms with Gasteiger partial charge in [0.1, 0.15) is 0 Å². The quantitative estimate of drug-likeness (QED) is 0.157. The van der Waals surface area contributed by atoms with Crippen LogP contribution in [0.15, 0.2) is 108 Å². The zero-order valence-electron chi connectivity index (χ0n) is 33.9. The first-order valence-corrected chi connectivity index (χ1v) is 15.6. The summed E-state index contributed by atoms with van der Waals surface area (Å²) >= 11 is 0. The van der Waals surface area contributed by atoms with Crippen molar-refractivity contribution < 1.29 is 32.7 Å². The van der Waals surface area contributed by atoms with Gasteiger partial charge in [-0.25, -0.2) is 4.98 Å². The molecule has 1 radical (unpaired) electrons. The summed E-state index contributed by atoms with van der Waals surface area (Å²) in [5.41, 5.74) is 7.25. The van der Waals surface area contributed by atoms with Crippen LogP contribution in [-0.4, -0.2) is 15.0 Å². The monoisotopic (exact) mass is 814 g/mol. The van der Waals surface area contributed by atoms with Gasteiger partial charge in [0.15, 0.2) is 0 Å². The molecule has 0 aliphatic heterocycles. The number of aryl methyl sites for hydroxylation is 1. The van der Waals surface area contributed by atoms with Crippen LogP contribution < -0.4 is 0 Å². The van der Waals surface area contributed by atoms with Crippen molar-refractivity contribution >= 4 is 22.1 Å². The van der Waals surface area contributed by atoms with Gasteiger partial charge in [0, 0.05) is 51.7 Å². The van der Waals surface area contributed by atoms with Crippen LogP contribution in [0.4, 0.5) is 0 Å². The topological polar surface area (TPSA) is 51.8 Å². The van der Waals surface area contributed by atoms with E-state index in [9.17, 15) is 0 Å². The molecule has 7 rings (SSSR count). The standard InChI is InChI=1S/C32H33N2O.C11H8N.Ir/c1-18(2)22-10-8-11-23(19(3)4)30(22)28-15-14-25-24-12-9-13-26(31(24)35-32(25)34-28)29-16-27(20(5)6)21(7)17-33-29;1-2-6-10(7-3-1)11-8-4-5-9-12-11;/h8-12,14-20H,1-7H3;1-6,8-9H;/q2*-1;/i7D3,18D,19D,20D;;. The number of hydrogen-bond acceptors (Lipinski definition) is 4. The fourth-order valence-corrected chi connectivity index (χ4v) is 5.69. The largest absolute Gasteiger partial charge is 0.486 e. The van der Waals surface area contributed by atoms with Crippen LogP contribution >= 0.6 is 0 Å². The normalized spacial score (nSPS) is 14.0. The molecule has 0 aliphatic rings. The average Bonchev–Trinajstić information content (AvgIpc) is 3.49. The molecule has 7 aromatic rings. The van der Waals surface area contributed by atoms with Gasteiger partial charge >= 0.3 is 0 Å². The molecular weight excluding hydrogens is 767 g/mol. The third kappa shape index (κ3) is 7.18. The van der Waals surface area contributed by atoms with Crippen molar-refractivity contribution in [2.45, 2.75) is 66.1 Å². The third-order valence-corrected chi connectivity index (χ3v) is 8.05. The van der Waals surface area contributed by atoms with Gasteiger partial charge in [-0.2, -0.15) is 0 Å². The molecular formula is C43H41IrN3O-2. The van der Waals surface area contributed by atoms with E-state index in [1.165, 1.54) is 6.20 Å². The minimum Gasteiger partial charge on any atom is -0.486 e. The fraction of sp³-hybridized carbons (Fsp3) is 0.233. The molecule has 0 atom stereocenters. The smallest absolute Gasteiger partial charge is 0.216 e. The number of pyridine rings is 3. The molecule has 0 N–H and O–H groups in total. The van der Waals surface area contributed by atoms with Gasteiger partial charge in [-0.05, 0) is 76.4 Å². The molecule has 0 bridgehead atoms. The first-order chi connectivity index (χ1) is 24.8. The molecule has 48 heavy (non-hydrogen) atoms. The van der Waals surface area contributed by atoms with Crippen molar-refractivity contribution in [3.63, 3.8) is 0 Å². The third-order valence-electron chi connectivity index (χ3n) is 8.05. The molecule has 0 saturated heterocycles.